The van der Waals surface area contributed by atoms with Crippen molar-refractivity contribution in [2.24, 2.45) is 0 Å². The normalized spacial score (nSPS) is 11.0. The minimum Gasteiger partial charge on any atom is -0.497 e. The van der Waals surface area contributed by atoms with Gasteiger partial charge in [0, 0.05) is 18.8 Å². The molecule has 0 fully saturated rings. The van der Waals surface area contributed by atoms with Crippen LogP contribution in [-0.4, -0.2) is 24.2 Å². The summed E-state index contributed by atoms with van der Waals surface area (Å²) in [5, 5.41) is 4.04. The summed E-state index contributed by atoms with van der Waals surface area (Å²) in [6.07, 6.45) is 0. The number of thiocarbonyl (C=S) groups is 1. The molecule has 3 aromatic rings. The van der Waals surface area contributed by atoms with E-state index in [1.807, 2.05) is 36.4 Å². The fourth-order valence-electron chi connectivity index (χ4n) is 3.36. The molecular formula is C27H32N2O2S. The van der Waals surface area contributed by atoms with Crippen molar-refractivity contribution in [2.75, 3.05) is 19.5 Å². The van der Waals surface area contributed by atoms with Crippen molar-refractivity contribution < 1.29 is 9.47 Å². The highest BCUT2D eigenvalue weighted by atomic mass is 32.1. The summed E-state index contributed by atoms with van der Waals surface area (Å²) in [5.41, 5.74) is 4.76. The highest BCUT2D eigenvalue weighted by Crippen LogP contribution is 2.23. The van der Waals surface area contributed by atoms with E-state index in [2.05, 4.69) is 67.4 Å². The number of methoxy groups -OCH3 is 2. The van der Waals surface area contributed by atoms with Crippen molar-refractivity contribution in [2.45, 2.75) is 39.3 Å². The summed E-state index contributed by atoms with van der Waals surface area (Å²) in [4.78, 5) is 2.17. The van der Waals surface area contributed by atoms with E-state index >= 15 is 0 Å². The maximum Gasteiger partial charge on any atom is 0.174 e. The van der Waals surface area contributed by atoms with Crippen LogP contribution in [0.4, 0.5) is 5.69 Å². The fourth-order valence-corrected chi connectivity index (χ4v) is 3.61. The van der Waals surface area contributed by atoms with Gasteiger partial charge in [-0.3, -0.25) is 0 Å². The second kappa shape index (κ2) is 10.5. The van der Waals surface area contributed by atoms with Crippen LogP contribution in [0.1, 0.15) is 37.5 Å². The molecule has 32 heavy (non-hydrogen) atoms. The molecule has 0 aliphatic heterocycles. The molecule has 0 aliphatic carbocycles. The van der Waals surface area contributed by atoms with Gasteiger partial charge in [-0.15, -0.1) is 0 Å². The van der Waals surface area contributed by atoms with Gasteiger partial charge in [0.2, 0.25) is 0 Å². The van der Waals surface area contributed by atoms with Gasteiger partial charge in [-0.1, -0.05) is 57.2 Å². The summed E-state index contributed by atoms with van der Waals surface area (Å²) in [6.45, 7) is 8.08. The number of nitrogens with one attached hydrogen (secondary N) is 1. The smallest absolute Gasteiger partial charge is 0.174 e. The van der Waals surface area contributed by atoms with Crippen LogP contribution in [0.2, 0.25) is 0 Å². The molecular weight excluding hydrogens is 416 g/mol. The van der Waals surface area contributed by atoms with Crippen molar-refractivity contribution in [1.29, 1.82) is 0 Å². The lowest BCUT2D eigenvalue weighted by Gasteiger charge is -2.27. The monoisotopic (exact) mass is 448 g/mol. The first kappa shape index (κ1) is 23.6. The van der Waals surface area contributed by atoms with E-state index < -0.39 is 0 Å². The molecule has 0 aliphatic rings. The Morgan fingerprint density at radius 2 is 1.19 bits per heavy atom. The Morgan fingerprint density at radius 3 is 1.62 bits per heavy atom. The molecule has 0 saturated heterocycles. The van der Waals surface area contributed by atoms with Gasteiger partial charge in [0.1, 0.15) is 11.5 Å². The fraction of sp³-hybridized carbons (Fsp3) is 0.296. The standard InChI is InChI=1S/C27H32N2O2S/c1-27(2,3)22-10-6-20(7-11-22)18-29(19-21-8-14-24(30-4)15-9-21)26(32)28-23-12-16-25(31-5)17-13-23/h6-17H,18-19H2,1-5H3,(H,28,32). The van der Waals surface area contributed by atoms with Crippen molar-refractivity contribution in [1.82, 2.24) is 4.90 Å². The van der Waals surface area contributed by atoms with Crippen LogP contribution in [0.25, 0.3) is 0 Å². The van der Waals surface area contributed by atoms with Crippen LogP contribution in [0.5, 0.6) is 11.5 Å². The second-order valence-electron chi connectivity index (χ2n) is 8.81. The quantitative estimate of drug-likeness (QED) is 0.423. The summed E-state index contributed by atoms with van der Waals surface area (Å²) in [6, 6.07) is 24.7. The van der Waals surface area contributed by atoms with Crippen molar-refractivity contribution in [3.05, 3.63) is 89.5 Å². The Hall–Kier alpha value is -3.05. The zero-order valence-electron chi connectivity index (χ0n) is 19.5. The molecule has 0 amide bonds. The van der Waals surface area contributed by atoms with E-state index in [4.69, 9.17) is 21.7 Å². The molecule has 3 aromatic carbocycles. The molecule has 0 unspecified atom stereocenters. The van der Waals surface area contributed by atoms with E-state index in [9.17, 15) is 0 Å². The van der Waals surface area contributed by atoms with Gasteiger partial charge in [0.15, 0.2) is 5.11 Å². The molecule has 3 rings (SSSR count). The maximum atomic E-state index is 5.81. The van der Waals surface area contributed by atoms with Crippen LogP contribution in [0.3, 0.4) is 0 Å². The van der Waals surface area contributed by atoms with E-state index in [1.54, 1.807) is 14.2 Å². The Balaban J connectivity index is 1.79. The summed E-state index contributed by atoms with van der Waals surface area (Å²) in [5.74, 6) is 1.66. The zero-order valence-corrected chi connectivity index (χ0v) is 20.3. The van der Waals surface area contributed by atoms with Crippen molar-refractivity contribution >= 4 is 23.0 Å². The van der Waals surface area contributed by atoms with Crippen molar-refractivity contribution in [3.63, 3.8) is 0 Å². The van der Waals surface area contributed by atoms with Gasteiger partial charge in [0.05, 0.1) is 14.2 Å². The molecule has 0 atom stereocenters. The van der Waals surface area contributed by atoms with E-state index in [1.165, 1.54) is 11.1 Å². The molecule has 0 aromatic heterocycles. The SMILES string of the molecule is COc1ccc(CN(Cc2ccc(C(C)(C)C)cc2)C(=S)Nc2ccc(OC)cc2)cc1. The lowest BCUT2D eigenvalue weighted by molar-refractivity contribution is 0.407. The summed E-state index contributed by atoms with van der Waals surface area (Å²) < 4.78 is 10.5. The molecule has 0 spiro atoms. The summed E-state index contributed by atoms with van der Waals surface area (Å²) >= 11 is 5.81. The predicted octanol–water partition coefficient (Wildman–Crippen LogP) is 6.40. The van der Waals surface area contributed by atoms with Gasteiger partial charge in [0.25, 0.3) is 0 Å². The number of hydrogen-bond acceptors (Lipinski definition) is 3. The molecule has 1 N–H and O–H groups in total. The Morgan fingerprint density at radius 1 is 0.750 bits per heavy atom. The number of nitrogens with zero attached hydrogens (tertiary/aromatic N) is 1. The van der Waals surface area contributed by atoms with Gasteiger partial charge in [-0.05, 0) is 70.7 Å². The first-order chi connectivity index (χ1) is 15.3. The van der Waals surface area contributed by atoms with Gasteiger partial charge in [-0.2, -0.15) is 0 Å². The third kappa shape index (κ3) is 6.47. The van der Waals surface area contributed by atoms with Crippen molar-refractivity contribution in [3.8, 4) is 11.5 Å². The third-order valence-corrected chi connectivity index (χ3v) is 5.71. The second-order valence-corrected chi connectivity index (χ2v) is 9.20. The van der Waals surface area contributed by atoms with Crippen LogP contribution in [0.15, 0.2) is 72.8 Å². The lowest BCUT2D eigenvalue weighted by atomic mass is 9.87. The predicted molar refractivity (Wildman–Crippen MR) is 137 cm³/mol. The minimum absolute atomic E-state index is 0.131. The molecule has 4 nitrogen and oxygen atoms in total. The Bertz CT molecular complexity index is 1010. The first-order valence-corrected chi connectivity index (χ1v) is 11.1. The van der Waals surface area contributed by atoms with Crippen LogP contribution < -0.4 is 14.8 Å². The van der Waals surface area contributed by atoms with Crippen LogP contribution >= 0.6 is 12.2 Å². The Labute approximate surface area is 197 Å². The molecule has 168 valence electrons. The average Bonchev–Trinajstić information content (AvgIpc) is 2.79. The first-order valence-electron chi connectivity index (χ1n) is 10.7. The van der Waals surface area contributed by atoms with E-state index in [0.717, 1.165) is 22.7 Å². The zero-order chi connectivity index (χ0) is 23.1. The number of ether oxygens (including phenoxy) is 2. The maximum absolute atomic E-state index is 5.81. The van der Waals surface area contributed by atoms with Gasteiger partial charge >= 0.3 is 0 Å². The number of benzene rings is 3. The Kier molecular flexibility index (Phi) is 7.75. The van der Waals surface area contributed by atoms with Crippen LogP contribution in [0, 0.1) is 0 Å². The lowest BCUT2D eigenvalue weighted by Crippen LogP contribution is -2.33. The van der Waals surface area contributed by atoms with Crippen LogP contribution in [-0.2, 0) is 18.5 Å². The van der Waals surface area contributed by atoms with Gasteiger partial charge < -0.3 is 19.7 Å². The minimum atomic E-state index is 0.131. The molecule has 0 radical (unpaired) electrons. The number of anilines is 1. The average molecular weight is 449 g/mol. The third-order valence-electron chi connectivity index (χ3n) is 5.35. The molecule has 0 saturated carbocycles. The molecule has 0 heterocycles. The summed E-state index contributed by atoms with van der Waals surface area (Å²) in [7, 11) is 3.34. The number of hydrogen-bond donors (Lipinski definition) is 1. The molecule has 5 heteroatoms. The molecule has 0 bridgehead atoms. The highest BCUT2D eigenvalue weighted by molar-refractivity contribution is 7.80. The largest absolute Gasteiger partial charge is 0.497 e. The van der Waals surface area contributed by atoms with E-state index in [0.29, 0.717) is 18.2 Å². The van der Waals surface area contributed by atoms with Gasteiger partial charge in [-0.25, -0.2) is 0 Å². The highest BCUT2D eigenvalue weighted by Gasteiger charge is 2.15. The van der Waals surface area contributed by atoms with E-state index in [-0.39, 0.29) is 5.41 Å². The number of rotatable bonds is 7. The topological polar surface area (TPSA) is 33.7 Å².